The van der Waals surface area contributed by atoms with Crippen molar-refractivity contribution in [1.29, 1.82) is 0 Å². The van der Waals surface area contributed by atoms with E-state index in [4.69, 9.17) is 14.2 Å². The van der Waals surface area contributed by atoms with Gasteiger partial charge in [-0.05, 0) is 89.9 Å². The Kier molecular flexibility index (Phi) is 43.5. The summed E-state index contributed by atoms with van der Waals surface area (Å²) in [6.07, 6.45) is 60.6. The summed E-state index contributed by atoms with van der Waals surface area (Å²) in [5.74, 6) is -1.51. The van der Waals surface area contributed by atoms with Crippen molar-refractivity contribution in [3.63, 3.8) is 0 Å². The van der Waals surface area contributed by atoms with E-state index in [1.165, 1.54) is 77.0 Å². The number of ether oxygens (including phenoxy) is 3. The van der Waals surface area contributed by atoms with Crippen LogP contribution in [-0.4, -0.2) is 80.6 Å². The monoisotopic (exact) mass is 895 g/mol. The van der Waals surface area contributed by atoms with Crippen LogP contribution in [0.1, 0.15) is 200 Å². The van der Waals surface area contributed by atoms with Gasteiger partial charge in [-0.15, -0.1) is 0 Å². The summed E-state index contributed by atoms with van der Waals surface area (Å²) in [5, 5.41) is 9.65. The molecule has 0 fully saturated rings. The van der Waals surface area contributed by atoms with Crippen LogP contribution in [0.5, 0.6) is 0 Å². The Bertz CT molecular complexity index is 1320. The fourth-order valence-corrected chi connectivity index (χ4v) is 7.09. The van der Waals surface area contributed by atoms with Gasteiger partial charge in [-0.1, -0.05) is 176 Å². The van der Waals surface area contributed by atoms with Gasteiger partial charge < -0.3 is 23.8 Å². The fourth-order valence-electron chi connectivity index (χ4n) is 7.09. The van der Waals surface area contributed by atoms with E-state index in [2.05, 4.69) is 98.9 Å². The van der Waals surface area contributed by atoms with Crippen LogP contribution in [0.4, 0.5) is 0 Å². The highest BCUT2D eigenvalue weighted by Crippen LogP contribution is 2.14. The van der Waals surface area contributed by atoms with E-state index >= 15 is 0 Å². The van der Waals surface area contributed by atoms with Gasteiger partial charge >= 0.3 is 17.9 Å². The number of carbonyl (C=O) groups excluding carboxylic acids is 2. The summed E-state index contributed by atoms with van der Waals surface area (Å²) in [7, 11) is 5.52. The van der Waals surface area contributed by atoms with Gasteiger partial charge in [-0.3, -0.25) is 9.59 Å². The molecule has 0 aromatic heterocycles. The lowest BCUT2D eigenvalue weighted by molar-refractivity contribution is -0.887. The molecule has 0 radical (unpaired) electrons. The number of esters is 2. The maximum Gasteiger partial charge on any atom is 0.362 e. The minimum Gasteiger partial charge on any atom is -0.477 e. The molecule has 64 heavy (non-hydrogen) atoms. The third kappa shape index (κ3) is 43.7. The third-order valence-corrected chi connectivity index (χ3v) is 11.0. The van der Waals surface area contributed by atoms with Gasteiger partial charge in [0.2, 0.25) is 0 Å². The van der Waals surface area contributed by atoms with Gasteiger partial charge in [0.05, 0.1) is 34.4 Å². The Hall–Kier alpha value is -3.49. The molecule has 0 heterocycles. The smallest absolute Gasteiger partial charge is 0.362 e. The van der Waals surface area contributed by atoms with Crippen LogP contribution in [-0.2, 0) is 28.6 Å². The first kappa shape index (κ1) is 60.5. The molecule has 0 spiro atoms. The van der Waals surface area contributed by atoms with Gasteiger partial charge in [0.15, 0.2) is 12.1 Å². The average molecular weight is 895 g/mol. The number of unbranched alkanes of at least 4 members (excludes halogenated alkanes) is 17. The normalized spacial score (nSPS) is 13.6. The first-order chi connectivity index (χ1) is 31.1. The van der Waals surface area contributed by atoms with Crippen molar-refractivity contribution in [3.8, 4) is 0 Å². The highest BCUT2D eigenvalue weighted by molar-refractivity contribution is 5.72. The van der Waals surface area contributed by atoms with E-state index in [0.717, 1.165) is 89.9 Å². The largest absolute Gasteiger partial charge is 0.477 e. The summed E-state index contributed by atoms with van der Waals surface area (Å²) in [5.41, 5.74) is 0. The minimum absolute atomic E-state index is 0.0470. The molecule has 366 valence electrons. The van der Waals surface area contributed by atoms with Crippen molar-refractivity contribution in [2.75, 3.05) is 41.0 Å². The zero-order chi connectivity index (χ0) is 47.0. The number of hydrogen-bond donors (Lipinski definition) is 1. The predicted octanol–water partition coefficient (Wildman–Crippen LogP) is 14.9. The first-order valence-electron chi connectivity index (χ1n) is 25.6. The Morgan fingerprint density at radius 1 is 0.484 bits per heavy atom. The second kappa shape index (κ2) is 46.1. The molecule has 0 aliphatic carbocycles. The molecule has 0 aromatic carbocycles. The number of aliphatic carboxylic acids is 1. The lowest BCUT2D eigenvalue weighted by Gasteiger charge is -2.31. The van der Waals surface area contributed by atoms with E-state index in [-0.39, 0.29) is 36.2 Å². The Labute approximate surface area is 393 Å². The van der Waals surface area contributed by atoms with Crippen LogP contribution in [0.15, 0.2) is 85.1 Å². The number of rotatable bonds is 45. The molecule has 8 nitrogen and oxygen atoms in total. The van der Waals surface area contributed by atoms with Crippen molar-refractivity contribution in [2.24, 2.45) is 0 Å². The molecule has 0 saturated heterocycles. The summed E-state index contributed by atoms with van der Waals surface area (Å²) < 4.78 is 17.3. The van der Waals surface area contributed by atoms with Crippen LogP contribution < -0.4 is 0 Å². The molecular formula is C56H96NO7+. The molecule has 8 heteroatoms. The van der Waals surface area contributed by atoms with E-state index < -0.39 is 18.1 Å². The molecule has 0 amide bonds. The first-order valence-corrected chi connectivity index (χ1v) is 25.6. The lowest BCUT2D eigenvalue weighted by Crippen LogP contribution is -2.50. The van der Waals surface area contributed by atoms with Gasteiger partial charge in [0.1, 0.15) is 6.61 Å². The number of allylic oxidation sites excluding steroid dienone is 14. The SMILES string of the molecule is CC/C=C/C/C=C/C/C=C/C/C=C/C/C=C/C/C=C/CCCCCCC(=O)OCC(COCCC(C(=O)O)[N+](C)(C)C)OC(=O)CCCCCCCCC/C=C/CCCCCCCC. The second-order valence-electron chi connectivity index (χ2n) is 18.0. The average Bonchev–Trinajstić information content (AvgIpc) is 3.26. The highest BCUT2D eigenvalue weighted by Gasteiger charge is 2.31. The fraction of sp³-hybridized carbons (Fsp3) is 0.696. The number of carboxylic acids is 1. The molecular weight excluding hydrogens is 799 g/mol. The maximum absolute atomic E-state index is 12.8. The summed E-state index contributed by atoms with van der Waals surface area (Å²) in [4.78, 5) is 37.2. The maximum atomic E-state index is 12.8. The van der Waals surface area contributed by atoms with E-state index in [1.54, 1.807) is 0 Å². The molecule has 2 unspecified atom stereocenters. The Morgan fingerprint density at radius 3 is 1.31 bits per heavy atom. The van der Waals surface area contributed by atoms with E-state index in [0.29, 0.717) is 19.3 Å². The number of carbonyl (C=O) groups is 3. The van der Waals surface area contributed by atoms with Gasteiger partial charge in [-0.2, -0.15) is 0 Å². The molecule has 2 atom stereocenters. The van der Waals surface area contributed by atoms with Crippen LogP contribution in [0.3, 0.4) is 0 Å². The van der Waals surface area contributed by atoms with Crippen LogP contribution in [0.25, 0.3) is 0 Å². The molecule has 0 rings (SSSR count). The number of nitrogens with zero attached hydrogens (tertiary/aromatic N) is 1. The molecule has 0 aliphatic rings. The molecule has 0 bridgehead atoms. The van der Waals surface area contributed by atoms with Crippen LogP contribution >= 0.6 is 0 Å². The van der Waals surface area contributed by atoms with Gasteiger partial charge in [-0.25, -0.2) is 4.79 Å². The van der Waals surface area contributed by atoms with Gasteiger partial charge in [0.25, 0.3) is 0 Å². The number of quaternary nitrogens is 1. The summed E-state index contributed by atoms with van der Waals surface area (Å²) in [6.45, 7) is 4.59. The number of hydrogen-bond acceptors (Lipinski definition) is 6. The van der Waals surface area contributed by atoms with E-state index in [1.807, 2.05) is 21.1 Å². The standard InChI is InChI=1S/C56H95NO7/c1-6-8-10-12-14-16-18-20-22-24-25-26-27-28-29-31-32-34-36-38-40-42-44-46-54(58)63-51-52(50-62-49-48-53(56(60)61)57(3,4)5)64-55(59)47-45-43-41-39-37-35-33-30-23-21-19-17-15-13-11-9-7-2/h8,10,14,16,20-23,25-26,28-29,32,34,52-53H,6-7,9,11-13,15,17-19,24,27,30-31,33,35-51H2,1-5H3/p+1/b10-8+,16-14+,22-20+,23-21+,26-25+,29-28+,34-32+. The minimum atomic E-state index is -0.882. The predicted molar refractivity (Wildman–Crippen MR) is 270 cm³/mol. The van der Waals surface area contributed by atoms with Crippen LogP contribution in [0.2, 0.25) is 0 Å². The molecule has 1 N–H and O–H groups in total. The van der Waals surface area contributed by atoms with Gasteiger partial charge in [0, 0.05) is 19.3 Å². The second-order valence-corrected chi connectivity index (χ2v) is 18.0. The highest BCUT2D eigenvalue weighted by atomic mass is 16.6. The Balaban J connectivity index is 4.32. The third-order valence-electron chi connectivity index (χ3n) is 11.0. The number of likely N-dealkylation sites (N-methyl/N-ethyl adjacent to an activating group) is 1. The van der Waals surface area contributed by atoms with E-state index in [9.17, 15) is 19.5 Å². The Morgan fingerprint density at radius 2 is 0.875 bits per heavy atom. The topological polar surface area (TPSA) is 99.1 Å². The lowest BCUT2D eigenvalue weighted by atomic mass is 10.1. The molecule has 0 aromatic rings. The summed E-state index contributed by atoms with van der Waals surface area (Å²) in [6, 6.07) is -0.624. The molecule has 0 saturated carbocycles. The van der Waals surface area contributed by atoms with Crippen molar-refractivity contribution in [2.45, 2.75) is 212 Å². The van der Waals surface area contributed by atoms with Crippen LogP contribution in [0, 0.1) is 0 Å². The summed E-state index contributed by atoms with van der Waals surface area (Å²) >= 11 is 0. The zero-order valence-corrected chi connectivity index (χ0v) is 41.7. The van der Waals surface area contributed by atoms with Crippen molar-refractivity contribution in [1.82, 2.24) is 0 Å². The van der Waals surface area contributed by atoms with Crippen molar-refractivity contribution >= 4 is 17.9 Å². The molecule has 0 aliphatic heterocycles. The quantitative estimate of drug-likeness (QED) is 0.0281. The number of carboxylic acid groups (broad SMARTS) is 1. The van der Waals surface area contributed by atoms with Crippen molar-refractivity contribution in [3.05, 3.63) is 85.1 Å². The van der Waals surface area contributed by atoms with Crippen molar-refractivity contribution < 1.29 is 38.2 Å². The zero-order valence-electron chi connectivity index (χ0n) is 41.7.